The van der Waals surface area contributed by atoms with Crippen molar-refractivity contribution in [3.05, 3.63) is 0 Å². The number of amides is 1. The Labute approximate surface area is 51.6 Å². The summed E-state index contributed by atoms with van der Waals surface area (Å²) in [6, 6.07) is 0. The molecule has 0 aliphatic rings. The number of carbonyl (C=O) groups excluding carboxylic acids is 1. The largest absolute Gasteiger partial charge is 0.368 e. The first-order valence-electron chi connectivity index (χ1n) is 1.68. The molecule has 0 bridgehead atoms. The van der Waals surface area contributed by atoms with E-state index in [9.17, 15) is 4.79 Å². The van der Waals surface area contributed by atoms with Gasteiger partial charge in [0.15, 0.2) is 0 Å². The highest BCUT2D eigenvalue weighted by atomic mass is 35.5. The molecule has 2 nitrogen and oxygen atoms in total. The Morgan fingerprint density at radius 3 is 2.29 bits per heavy atom. The minimum absolute atomic E-state index is 0.0802. The van der Waals surface area contributed by atoms with Crippen LogP contribution < -0.4 is 5.73 Å². The van der Waals surface area contributed by atoms with Gasteiger partial charge in [-0.1, -0.05) is 0 Å². The van der Waals surface area contributed by atoms with E-state index in [1.807, 2.05) is 0 Å². The Morgan fingerprint density at radius 1 is 1.86 bits per heavy atom. The lowest BCUT2D eigenvalue weighted by Gasteiger charge is -1.93. The number of carbonyl (C=O) groups is 1. The summed E-state index contributed by atoms with van der Waals surface area (Å²) < 4.78 is 0. The van der Waals surface area contributed by atoms with Crippen LogP contribution in [0.1, 0.15) is 0 Å². The van der Waals surface area contributed by atoms with E-state index in [1.54, 1.807) is 0 Å². The van der Waals surface area contributed by atoms with Crippen molar-refractivity contribution in [2.45, 2.75) is 5.38 Å². The van der Waals surface area contributed by atoms with Crippen molar-refractivity contribution in [2.24, 2.45) is 5.73 Å². The number of rotatable bonds is 2. The molecule has 0 aliphatic carbocycles. The monoisotopic (exact) mass is 141 g/mol. The van der Waals surface area contributed by atoms with Crippen LogP contribution in [0.4, 0.5) is 0 Å². The van der Waals surface area contributed by atoms with Gasteiger partial charge in [-0.15, -0.1) is 23.2 Å². The van der Waals surface area contributed by atoms with Gasteiger partial charge in [0, 0.05) is 5.88 Å². The third-order valence-electron chi connectivity index (χ3n) is 0.444. The average molecular weight is 142 g/mol. The van der Waals surface area contributed by atoms with Crippen molar-refractivity contribution in [3.8, 4) is 0 Å². The Morgan fingerprint density at radius 2 is 2.29 bits per heavy atom. The lowest BCUT2D eigenvalue weighted by atomic mass is 10.5. The van der Waals surface area contributed by atoms with Gasteiger partial charge >= 0.3 is 0 Å². The molecule has 0 rings (SSSR count). The Balaban J connectivity index is 3.34. The second-order valence-corrected chi connectivity index (χ2v) is 1.86. The lowest BCUT2D eigenvalue weighted by molar-refractivity contribution is -0.117. The van der Waals surface area contributed by atoms with Gasteiger partial charge in [-0.3, -0.25) is 4.79 Å². The van der Waals surface area contributed by atoms with Crippen LogP contribution in [0.5, 0.6) is 0 Å². The Bertz CT molecular complexity index is 75.3. The van der Waals surface area contributed by atoms with E-state index in [0.717, 1.165) is 0 Å². The number of primary amides is 1. The first-order valence-corrected chi connectivity index (χ1v) is 2.65. The van der Waals surface area contributed by atoms with Gasteiger partial charge in [-0.25, -0.2) is 0 Å². The third kappa shape index (κ3) is 2.71. The molecule has 0 saturated carbocycles. The highest BCUT2D eigenvalue weighted by molar-refractivity contribution is 6.35. The number of alkyl halides is 2. The minimum Gasteiger partial charge on any atom is -0.368 e. The normalized spacial score (nSPS) is 13.4. The summed E-state index contributed by atoms with van der Waals surface area (Å²) in [6.07, 6.45) is 0. The van der Waals surface area contributed by atoms with Gasteiger partial charge in [-0.2, -0.15) is 0 Å². The van der Waals surface area contributed by atoms with Crippen molar-refractivity contribution in [3.63, 3.8) is 0 Å². The number of hydrogen-bond acceptors (Lipinski definition) is 1. The minimum atomic E-state index is -0.721. The topological polar surface area (TPSA) is 43.1 Å². The van der Waals surface area contributed by atoms with Crippen molar-refractivity contribution >= 4 is 29.1 Å². The summed E-state index contributed by atoms with van der Waals surface area (Å²) in [5, 5.41) is -0.721. The second-order valence-electron chi connectivity index (χ2n) is 1.02. The van der Waals surface area contributed by atoms with E-state index in [4.69, 9.17) is 28.9 Å². The van der Waals surface area contributed by atoms with Crippen LogP contribution in [0.3, 0.4) is 0 Å². The quantitative estimate of drug-likeness (QED) is 0.554. The molecular formula is C3H5Cl2NO. The van der Waals surface area contributed by atoms with Crippen LogP contribution in [0.15, 0.2) is 0 Å². The fourth-order valence-electron chi connectivity index (χ4n) is 0.0760. The molecule has 1 amide bonds. The summed E-state index contributed by atoms with van der Waals surface area (Å²) >= 11 is 10.3. The lowest BCUT2D eigenvalue weighted by Crippen LogP contribution is -2.24. The molecule has 0 aromatic rings. The smallest absolute Gasteiger partial charge is 0.236 e. The van der Waals surface area contributed by atoms with E-state index < -0.39 is 11.3 Å². The highest BCUT2D eigenvalue weighted by Gasteiger charge is 2.06. The van der Waals surface area contributed by atoms with Gasteiger partial charge in [0.2, 0.25) is 5.91 Å². The molecular weight excluding hydrogens is 137 g/mol. The van der Waals surface area contributed by atoms with Crippen molar-refractivity contribution in [1.82, 2.24) is 0 Å². The molecule has 2 N–H and O–H groups in total. The molecule has 4 heteroatoms. The molecule has 1 atom stereocenters. The van der Waals surface area contributed by atoms with Crippen LogP contribution in [-0.4, -0.2) is 17.2 Å². The predicted octanol–water partition coefficient (Wildman–Crippen LogP) is 0.318. The fourth-order valence-corrected chi connectivity index (χ4v) is 0.228. The van der Waals surface area contributed by atoms with Crippen LogP contribution in [-0.2, 0) is 4.79 Å². The molecule has 0 aliphatic heterocycles. The maximum absolute atomic E-state index is 9.94. The van der Waals surface area contributed by atoms with E-state index in [2.05, 4.69) is 0 Å². The Hall–Kier alpha value is 0.0500. The standard InChI is InChI=1S/C3H5Cl2NO/c4-1-2(5)3(6)7/h2H,1H2,(H2,6,7)/t2-/m1/s1. The molecule has 7 heavy (non-hydrogen) atoms. The van der Waals surface area contributed by atoms with Crippen molar-refractivity contribution in [2.75, 3.05) is 5.88 Å². The van der Waals surface area contributed by atoms with E-state index in [0.29, 0.717) is 0 Å². The highest BCUT2D eigenvalue weighted by Crippen LogP contribution is 1.95. The molecule has 42 valence electrons. The van der Waals surface area contributed by atoms with Crippen LogP contribution in [0.25, 0.3) is 0 Å². The molecule has 0 fully saturated rings. The maximum atomic E-state index is 9.94. The molecule has 0 spiro atoms. The van der Waals surface area contributed by atoms with Gasteiger partial charge in [0.05, 0.1) is 0 Å². The number of halogens is 2. The molecule has 0 heterocycles. The van der Waals surface area contributed by atoms with Crippen LogP contribution in [0.2, 0.25) is 0 Å². The van der Waals surface area contributed by atoms with Crippen LogP contribution in [0, 0.1) is 0 Å². The van der Waals surface area contributed by atoms with Crippen molar-refractivity contribution in [1.29, 1.82) is 0 Å². The summed E-state index contributed by atoms with van der Waals surface area (Å²) in [5.74, 6) is -0.492. The number of nitrogens with two attached hydrogens (primary N) is 1. The SMILES string of the molecule is NC(=O)[C@H](Cl)CCl. The molecule has 0 saturated heterocycles. The van der Waals surface area contributed by atoms with E-state index in [1.165, 1.54) is 0 Å². The predicted molar refractivity (Wildman–Crippen MR) is 29.6 cm³/mol. The summed E-state index contributed by atoms with van der Waals surface area (Å²) in [4.78, 5) is 9.94. The molecule has 0 aromatic heterocycles. The van der Waals surface area contributed by atoms with Gasteiger partial charge in [0.1, 0.15) is 5.38 Å². The first kappa shape index (κ1) is 7.05. The molecule has 0 aromatic carbocycles. The Kier molecular flexibility index (Phi) is 3.13. The van der Waals surface area contributed by atoms with Gasteiger partial charge in [-0.05, 0) is 0 Å². The summed E-state index contributed by atoms with van der Waals surface area (Å²) in [5.41, 5.74) is 4.69. The van der Waals surface area contributed by atoms with E-state index in [-0.39, 0.29) is 5.88 Å². The van der Waals surface area contributed by atoms with Gasteiger partial charge < -0.3 is 5.73 Å². The zero-order chi connectivity index (χ0) is 5.86. The van der Waals surface area contributed by atoms with Crippen molar-refractivity contribution < 1.29 is 4.79 Å². The van der Waals surface area contributed by atoms with Gasteiger partial charge in [0.25, 0.3) is 0 Å². The third-order valence-corrected chi connectivity index (χ3v) is 1.28. The number of hydrogen-bond donors (Lipinski definition) is 1. The zero-order valence-corrected chi connectivity index (χ0v) is 5.04. The second kappa shape index (κ2) is 3.10. The summed E-state index contributed by atoms with van der Waals surface area (Å²) in [6.45, 7) is 0. The van der Waals surface area contributed by atoms with E-state index >= 15 is 0 Å². The first-order chi connectivity index (χ1) is 3.18. The molecule has 0 radical (unpaired) electrons. The zero-order valence-electron chi connectivity index (χ0n) is 3.53. The summed E-state index contributed by atoms with van der Waals surface area (Å²) in [7, 11) is 0. The average Bonchev–Trinajstić information content (AvgIpc) is 1.65. The fraction of sp³-hybridized carbons (Fsp3) is 0.667. The molecule has 0 unspecified atom stereocenters. The van der Waals surface area contributed by atoms with Crippen LogP contribution >= 0.6 is 23.2 Å². The maximum Gasteiger partial charge on any atom is 0.236 e.